The number of hydrogen-bond acceptors (Lipinski definition) is 6. The van der Waals surface area contributed by atoms with Crippen LogP contribution in [0.15, 0.2) is 64.6 Å². The van der Waals surface area contributed by atoms with E-state index in [1.807, 2.05) is 49.6 Å². The molecule has 0 N–H and O–H groups in total. The smallest absolute Gasteiger partial charge is 0.243 e. The van der Waals surface area contributed by atoms with Gasteiger partial charge in [-0.15, -0.1) is 10.2 Å². The van der Waals surface area contributed by atoms with Crippen molar-refractivity contribution in [1.82, 2.24) is 19.1 Å². The summed E-state index contributed by atoms with van der Waals surface area (Å²) in [5, 5.41) is 9.64. The molecule has 1 atom stereocenters. The quantitative estimate of drug-likeness (QED) is 0.382. The van der Waals surface area contributed by atoms with Crippen LogP contribution in [0.25, 0.3) is 11.4 Å². The van der Waals surface area contributed by atoms with E-state index in [1.165, 1.54) is 9.87 Å². The van der Waals surface area contributed by atoms with E-state index >= 15 is 0 Å². The van der Waals surface area contributed by atoms with Gasteiger partial charge in [-0.3, -0.25) is 4.57 Å². The highest BCUT2D eigenvalue weighted by molar-refractivity contribution is 7.98. The van der Waals surface area contributed by atoms with Crippen LogP contribution in [0.1, 0.15) is 32.4 Å². The summed E-state index contributed by atoms with van der Waals surface area (Å²) in [7, 11) is -1.91. The molecule has 0 spiro atoms. The Morgan fingerprint density at radius 3 is 2.44 bits per heavy atom. The predicted molar refractivity (Wildman–Crippen MR) is 128 cm³/mol. The van der Waals surface area contributed by atoms with Gasteiger partial charge in [0, 0.05) is 31.5 Å². The van der Waals surface area contributed by atoms with Crippen LogP contribution >= 0.6 is 11.8 Å². The van der Waals surface area contributed by atoms with Crippen LogP contribution in [0.5, 0.6) is 0 Å². The highest BCUT2D eigenvalue weighted by Gasteiger charge is 2.24. The van der Waals surface area contributed by atoms with Crippen LogP contribution < -0.4 is 0 Å². The first kappa shape index (κ1) is 24.4. The lowest BCUT2D eigenvalue weighted by atomic mass is 10.2. The van der Waals surface area contributed by atoms with Gasteiger partial charge in [0.15, 0.2) is 11.0 Å². The summed E-state index contributed by atoms with van der Waals surface area (Å²) in [5.74, 6) is 1.39. The number of rotatable bonds is 11. The highest BCUT2D eigenvalue weighted by atomic mass is 32.2. The van der Waals surface area contributed by atoms with Gasteiger partial charge in [-0.2, -0.15) is 4.31 Å². The molecule has 0 aliphatic carbocycles. The summed E-state index contributed by atoms with van der Waals surface area (Å²) in [6.07, 6.45) is 0. The van der Waals surface area contributed by atoms with Crippen LogP contribution in [-0.2, 0) is 20.5 Å². The van der Waals surface area contributed by atoms with Gasteiger partial charge in [0.2, 0.25) is 10.0 Å². The second-order valence-electron chi connectivity index (χ2n) is 7.37. The third-order valence-electron chi connectivity index (χ3n) is 5.16. The third kappa shape index (κ3) is 5.40. The lowest BCUT2D eigenvalue weighted by molar-refractivity contribution is 0.159. The van der Waals surface area contributed by atoms with E-state index in [0.717, 1.165) is 10.9 Å². The maximum Gasteiger partial charge on any atom is 0.243 e. The Labute approximate surface area is 194 Å². The summed E-state index contributed by atoms with van der Waals surface area (Å²) in [6, 6.07) is 17.1. The number of hydrogen-bond donors (Lipinski definition) is 0. The normalized spacial score (nSPS) is 12.9. The monoisotopic (exact) mass is 474 g/mol. The summed E-state index contributed by atoms with van der Waals surface area (Å²) >= 11 is 1.60. The number of sulfonamides is 1. The standard InChI is InChI=1S/C23H30N4O3S2/c1-5-26(6-2)32(28,29)21-14-10-13-20(15-21)22-24-25-23(27(22)18(3)16-30-4)31-17-19-11-8-7-9-12-19/h7-15,18H,5-6,16-17H2,1-4H3/t18-/m0/s1. The van der Waals surface area contributed by atoms with Crippen molar-refractivity contribution in [3.63, 3.8) is 0 Å². The summed E-state index contributed by atoms with van der Waals surface area (Å²) < 4.78 is 34.9. The zero-order valence-electron chi connectivity index (χ0n) is 18.9. The van der Waals surface area contributed by atoms with Gasteiger partial charge in [0.25, 0.3) is 0 Å². The Balaban J connectivity index is 1.99. The number of benzene rings is 2. The maximum absolute atomic E-state index is 13.0. The second kappa shape index (κ2) is 11.1. The molecule has 0 unspecified atom stereocenters. The van der Waals surface area contributed by atoms with E-state index in [9.17, 15) is 8.42 Å². The third-order valence-corrected chi connectivity index (χ3v) is 8.22. The van der Waals surface area contributed by atoms with E-state index in [2.05, 4.69) is 22.3 Å². The first-order valence-electron chi connectivity index (χ1n) is 10.6. The van der Waals surface area contributed by atoms with Gasteiger partial charge in [-0.1, -0.05) is 68.1 Å². The molecule has 0 aliphatic rings. The van der Waals surface area contributed by atoms with Gasteiger partial charge < -0.3 is 4.74 Å². The van der Waals surface area contributed by atoms with Gasteiger partial charge >= 0.3 is 0 Å². The molecular formula is C23H30N4O3S2. The second-order valence-corrected chi connectivity index (χ2v) is 10.3. The zero-order valence-corrected chi connectivity index (χ0v) is 20.6. The molecule has 9 heteroatoms. The van der Waals surface area contributed by atoms with Crippen molar-refractivity contribution in [2.75, 3.05) is 26.8 Å². The minimum absolute atomic E-state index is 0.0219. The number of nitrogens with zero attached hydrogens (tertiary/aromatic N) is 4. The molecule has 1 aromatic heterocycles. The molecule has 0 fully saturated rings. The van der Waals surface area contributed by atoms with Gasteiger partial charge in [-0.25, -0.2) is 8.42 Å². The minimum atomic E-state index is -3.57. The van der Waals surface area contributed by atoms with Crippen molar-refractivity contribution in [1.29, 1.82) is 0 Å². The summed E-state index contributed by atoms with van der Waals surface area (Å²) in [4.78, 5) is 0.256. The zero-order chi connectivity index (χ0) is 23.1. The van der Waals surface area contributed by atoms with Crippen LogP contribution in [0.4, 0.5) is 0 Å². The Bertz CT molecular complexity index is 1110. The maximum atomic E-state index is 13.0. The van der Waals surface area contributed by atoms with Crippen molar-refractivity contribution in [3.8, 4) is 11.4 Å². The van der Waals surface area contributed by atoms with Gasteiger partial charge in [-0.05, 0) is 24.6 Å². The van der Waals surface area contributed by atoms with Crippen LogP contribution in [-0.4, -0.2) is 54.3 Å². The molecular weight excluding hydrogens is 444 g/mol. The molecule has 3 rings (SSSR count). The predicted octanol–water partition coefficient (Wildman–Crippen LogP) is 4.48. The average Bonchev–Trinajstić information content (AvgIpc) is 3.23. The van der Waals surface area contributed by atoms with Crippen LogP contribution in [0.3, 0.4) is 0 Å². The van der Waals surface area contributed by atoms with Crippen molar-refractivity contribution in [2.45, 2.75) is 42.6 Å². The molecule has 0 bridgehead atoms. The van der Waals surface area contributed by atoms with Crippen LogP contribution in [0.2, 0.25) is 0 Å². The molecule has 172 valence electrons. The van der Waals surface area contributed by atoms with E-state index in [0.29, 0.717) is 31.1 Å². The van der Waals surface area contributed by atoms with E-state index in [1.54, 1.807) is 37.1 Å². The molecule has 7 nitrogen and oxygen atoms in total. The Hall–Kier alpha value is -2.20. The number of aromatic nitrogens is 3. The molecule has 0 saturated heterocycles. The van der Waals surface area contributed by atoms with Gasteiger partial charge in [0.1, 0.15) is 0 Å². The molecule has 0 radical (unpaired) electrons. The largest absolute Gasteiger partial charge is 0.383 e. The fraction of sp³-hybridized carbons (Fsp3) is 0.391. The number of thioether (sulfide) groups is 1. The SMILES string of the molecule is CCN(CC)S(=O)(=O)c1cccc(-c2nnc(SCc3ccccc3)n2[C@@H](C)COC)c1. The van der Waals surface area contributed by atoms with Crippen molar-refractivity contribution in [3.05, 3.63) is 60.2 Å². The fourth-order valence-electron chi connectivity index (χ4n) is 3.52. The highest BCUT2D eigenvalue weighted by Crippen LogP contribution is 2.31. The topological polar surface area (TPSA) is 77.3 Å². The van der Waals surface area contributed by atoms with Crippen LogP contribution in [0, 0.1) is 0 Å². The lowest BCUT2D eigenvalue weighted by Gasteiger charge is -2.20. The molecule has 2 aromatic carbocycles. The average molecular weight is 475 g/mol. The molecule has 1 heterocycles. The van der Waals surface area contributed by atoms with Crippen molar-refractivity contribution >= 4 is 21.8 Å². The number of methoxy groups -OCH3 is 1. The molecule has 3 aromatic rings. The Kier molecular flexibility index (Phi) is 8.47. The number of ether oxygens (including phenoxy) is 1. The minimum Gasteiger partial charge on any atom is -0.383 e. The first-order valence-corrected chi connectivity index (χ1v) is 13.1. The summed E-state index contributed by atoms with van der Waals surface area (Å²) in [6.45, 7) is 7.05. The fourth-order valence-corrected chi connectivity index (χ4v) is 6.01. The Morgan fingerprint density at radius 1 is 1.06 bits per heavy atom. The molecule has 32 heavy (non-hydrogen) atoms. The van der Waals surface area contributed by atoms with E-state index < -0.39 is 10.0 Å². The Morgan fingerprint density at radius 2 is 1.78 bits per heavy atom. The van der Waals surface area contributed by atoms with Gasteiger partial charge in [0.05, 0.1) is 17.5 Å². The lowest BCUT2D eigenvalue weighted by Crippen LogP contribution is -2.30. The molecule has 0 saturated carbocycles. The van der Waals surface area contributed by atoms with E-state index in [4.69, 9.17) is 4.74 Å². The summed E-state index contributed by atoms with van der Waals surface area (Å²) in [5.41, 5.74) is 1.90. The van der Waals surface area contributed by atoms with Crippen molar-refractivity contribution < 1.29 is 13.2 Å². The van der Waals surface area contributed by atoms with Crippen molar-refractivity contribution in [2.24, 2.45) is 0 Å². The molecule has 0 aliphatic heterocycles. The van der Waals surface area contributed by atoms with E-state index in [-0.39, 0.29) is 10.9 Å². The first-order chi connectivity index (χ1) is 15.4. The molecule has 0 amide bonds.